The lowest BCUT2D eigenvalue weighted by Gasteiger charge is -2.34. The Hall–Kier alpha value is -0.290. The lowest BCUT2D eigenvalue weighted by atomic mass is 10.1. The van der Waals surface area contributed by atoms with Crippen LogP contribution in [0.25, 0.3) is 0 Å². The van der Waals surface area contributed by atoms with Gasteiger partial charge in [-0.2, -0.15) is 0 Å². The molecule has 1 atom stereocenters. The molecule has 0 amide bonds. The van der Waals surface area contributed by atoms with E-state index in [-0.39, 0.29) is 0 Å². The van der Waals surface area contributed by atoms with E-state index in [2.05, 4.69) is 33.1 Å². The molecular weight excluding hydrogens is 352 g/mol. The van der Waals surface area contributed by atoms with Crippen LogP contribution in [0.3, 0.4) is 0 Å². The van der Waals surface area contributed by atoms with Gasteiger partial charge in [-0.1, -0.05) is 18.5 Å². The zero-order valence-electron chi connectivity index (χ0n) is 12.6. The minimum absolute atomic E-state index is 0.649. The van der Waals surface area contributed by atoms with Crippen LogP contribution in [0.15, 0.2) is 22.7 Å². The third-order valence-corrected chi connectivity index (χ3v) is 4.68. The number of halogens is 2. The molecule has 1 aliphatic rings. The SMILES string of the molecule is CCCN(CCOc1ccc(Cl)cc1Br)C1CCCNC1. The first-order chi connectivity index (χ1) is 10.2. The monoisotopic (exact) mass is 374 g/mol. The maximum Gasteiger partial charge on any atom is 0.133 e. The summed E-state index contributed by atoms with van der Waals surface area (Å²) in [6.45, 7) is 7.30. The molecule has 5 heteroatoms. The van der Waals surface area contributed by atoms with Crippen LogP contribution in [0, 0.1) is 0 Å². The smallest absolute Gasteiger partial charge is 0.133 e. The lowest BCUT2D eigenvalue weighted by Crippen LogP contribution is -2.47. The molecule has 1 aromatic rings. The second-order valence-electron chi connectivity index (χ2n) is 5.46. The molecule has 0 saturated carbocycles. The molecule has 0 aliphatic carbocycles. The molecule has 1 N–H and O–H groups in total. The van der Waals surface area contributed by atoms with Gasteiger partial charge in [0, 0.05) is 24.2 Å². The highest BCUT2D eigenvalue weighted by Crippen LogP contribution is 2.27. The van der Waals surface area contributed by atoms with Gasteiger partial charge in [-0.15, -0.1) is 0 Å². The maximum absolute atomic E-state index is 5.94. The van der Waals surface area contributed by atoms with E-state index in [9.17, 15) is 0 Å². The molecule has 118 valence electrons. The molecule has 0 radical (unpaired) electrons. The summed E-state index contributed by atoms with van der Waals surface area (Å²) < 4.78 is 6.81. The Morgan fingerprint density at radius 2 is 2.29 bits per heavy atom. The Labute approximate surface area is 141 Å². The molecular formula is C16H24BrClN2O. The summed E-state index contributed by atoms with van der Waals surface area (Å²) in [5.74, 6) is 0.859. The molecule has 1 heterocycles. The van der Waals surface area contributed by atoms with Crippen molar-refractivity contribution in [2.24, 2.45) is 0 Å². The number of benzene rings is 1. The minimum atomic E-state index is 0.649. The van der Waals surface area contributed by atoms with Gasteiger partial charge in [-0.3, -0.25) is 4.90 Å². The number of rotatable bonds is 7. The van der Waals surface area contributed by atoms with Crippen molar-refractivity contribution < 1.29 is 4.74 Å². The van der Waals surface area contributed by atoms with E-state index >= 15 is 0 Å². The predicted octanol–water partition coefficient (Wildman–Crippen LogP) is 3.95. The van der Waals surface area contributed by atoms with Crippen molar-refractivity contribution in [2.75, 3.05) is 32.8 Å². The van der Waals surface area contributed by atoms with Crippen molar-refractivity contribution in [1.82, 2.24) is 10.2 Å². The Morgan fingerprint density at radius 3 is 2.95 bits per heavy atom. The molecule has 1 aromatic carbocycles. The minimum Gasteiger partial charge on any atom is -0.491 e. The van der Waals surface area contributed by atoms with Crippen LogP contribution in [0.5, 0.6) is 5.75 Å². The molecule has 1 aliphatic heterocycles. The highest BCUT2D eigenvalue weighted by molar-refractivity contribution is 9.10. The fraction of sp³-hybridized carbons (Fsp3) is 0.625. The van der Waals surface area contributed by atoms with E-state index < -0.39 is 0 Å². The fourth-order valence-electron chi connectivity index (χ4n) is 2.77. The van der Waals surface area contributed by atoms with Gasteiger partial charge in [0.2, 0.25) is 0 Å². The number of piperidine rings is 1. The van der Waals surface area contributed by atoms with Crippen LogP contribution < -0.4 is 10.1 Å². The first kappa shape index (κ1) is 17.1. The summed E-state index contributed by atoms with van der Waals surface area (Å²) in [6.07, 6.45) is 3.74. The van der Waals surface area contributed by atoms with Crippen molar-refractivity contribution in [2.45, 2.75) is 32.2 Å². The summed E-state index contributed by atoms with van der Waals surface area (Å²) in [5.41, 5.74) is 0. The number of nitrogens with zero attached hydrogens (tertiary/aromatic N) is 1. The van der Waals surface area contributed by atoms with E-state index in [0.717, 1.165) is 41.4 Å². The summed E-state index contributed by atoms with van der Waals surface area (Å²) >= 11 is 9.43. The molecule has 1 unspecified atom stereocenters. The van der Waals surface area contributed by atoms with Crippen molar-refractivity contribution in [3.8, 4) is 5.75 Å². The van der Waals surface area contributed by atoms with Gasteiger partial charge in [-0.05, 0) is 66.5 Å². The summed E-state index contributed by atoms with van der Waals surface area (Å²) in [4.78, 5) is 2.55. The Balaban J connectivity index is 1.83. The van der Waals surface area contributed by atoms with Crippen LogP contribution in [-0.2, 0) is 0 Å². The van der Waals surface area contributed by atoms with Crippen molar-refractivity contribution in [3.63, 3.8) is 0 Å². The standard InChI is InChI=1S/C16H24BrClN2O/c1-2-8-20(14-4-3-7-19-12-14)9-10-21-16-6-5-13(18)11-15(16)17/h5-6,11,14,19H,2-4,7-10,12H2,1H3. The van der Waals surface area contributed by atoms with Gasteiger partial charge in [-0.25, -0.2) is 0 Å². The van der Waals surface area contributed by atoms with Crippen LogP contribution in [0.2, 0.25) is 5.02 Å². The quantitative estimate of drug-likeness (QED) is 0.781. The molecule has 0 bridgehead atoms. The van der Waals surface area contributed by atoms with Gasteiger partial charge in [0.1, 0.15) is 12.4 Å². The highest BCUT2D eigenvalue weighted by Gasteiger charge is 2.20. The number of nitrogens with one attached hydrogen (secondary N) is 1. The molecule has 2 rings (SSSR count). The fourth-order valence-corrected chi connectivity index (χ4v) is 3.57. The Kier molecular flexibility index (Phi) is 7.30. The second kappa shape index (κ2) is 8.99. The second-order valence-corrected chi connectivity index (χ2v) is 6.75. The van der Waals surface area contributed by atoms with E-state index in [4.69, 9.17) is 16.3 Å². The van der Waals surface area contributed by atoms with Gasteiger partial charge < -0.3 is 10.1 Å². The molecule has 21 heavy (non-hydrogen) atoms. The Bertz CT molecular complexity index is 438. The highest BCUT2D eigenvalue weighted by atomic mass is 79.9. The van der Waals surface area contributed by atoms with Gasteiger partial charge in [0.25, 0.3) is 0 Å². The third-order valence-electron chi connectivity index (χ3n) is 3.83. The van der Waals surface area contributed by atoms with Crippen LogP contribution >= 0.6 is 27.5 Å². The number of hydrogen-bond acceptors (Lipinski definition) is 3. The normalized spacial score (nSPS) is 19.0. The molecule has 1 saturated heterocycles. The summed E-state index contributed by atoms with van der Waals surface area (Å²) in [5, 5.41) is 4.21. The molecule has 3 nitrogen and oxygen atoms in total. The molecule has 1 fully saturated rings. The molecule has 0 aromatic heterocycles. The van der Waals surface area contributed by atoms with E-state index in [1.165, 1.54) is 19.3 Å². The zero-order chi connectivity index (χ0) is 15.1. The van der Waals surface area contributed by atoms with Crippen LogP contribution in [0.4, 0.5) is 0 Å². The third kappa shape index (κ3) is 5.44. The number of ether oxygens (including phenoxy) is 1. The van der Waals surface area contributed by atoms with E-state index in [1.807, 2.05) is 18.2 Å². The zero-order valence-corrected chi connectivity index (χ0v) is 14.9. The summed E-state index contributed by atoms with van der Waals surface area (Å²) in [7, 11) is 0. The first-order valence-corrected chi connectivity index (χ1v) is 8.90. The van der Waals surface area contributed by atoms with Gasteiger partial charge >= 0.3 is 0 Å². The topological polar surface area (TPSA) is 24.5 Å². The van der Waals surface area contributed by atoms with Gasteiger partial charge in [0.05, 0.1) is 4.47 Å². The van der Waals surface area contributed by atoms with Crippen LogP contribution in [-0.4, -0.2) is 43.7 Å². The first-order valence-electron chi connectivity index (χ1n) is 7.73. The predicted molar refractivity (Wildman–Crippen MR) is 92.4 cm³/mol. The van der Waals surface area contributed by atoms with E-state index in [1.54, 1.807) is 0 Å². The van der Waals surface area contributed by atoms with Gasteiger partial charge in [0.15, 0.2) is 0 Å². The van der Waals surface area contributed by atoms with Crippen molar-refractivity contribution in [3.05, 3.63) is 27.7 Å². The van der Waals surface area contributed by atoms with E-state index in [0.29, 0.717) is 12.6 Å². The number of hydrogen-bond donors (Lipinski definition) is 1. The average molecular weight is 376 g/mol. The lowest BCUT2D eigenvalue weighted by molar-refractivity contribution is 0.138. The molecule has 0 spiro atoms. The average Bonchev–Trinajstić information content (AvgIpc) is 2.49. The maximum atomic E-state index is 5.94. The summed E-state index contributed by atoms with van der Waals surface area (Å²) in [6, 6.07) is 6.29. The Morgan fingerprint density at radius 1 is 1.43 bits per heavy atom. The van der Waals surface area contributed by atoms with Crippen molar-refractivity contribution in [1.29, 1.82) is 0 Å². The largest absolute Gasteiger partial charge is 0.491 e. The van der Waals surface area contributed by atoms with Crippen molar-refractivity contribution >= 4 is 27.5 Å². The van der Waals surface area contributed by atoms with Crippen LogP contribution in [0.1, 0.15) is 26.2 Å².